The lowest BCUT2D eigenvalue weighted by molar-refractivity contribution is 0.102. The normalized spacial score (nSPS) is 15.5. The first kappa shape index (κ1) is 22.9. The molecule has 9 nitrogen and oxygen atoms in total. The summed E-state index contributed by atoms with van der Waals surface area (Å²) in [5.41, 5.74) is 3.91. The molecule has 0 spiro atoms. The Labute approximate surface area is 203 Å². The first-order valence-corrected chi connectivity index (χ1v) is 13.0. The number of hydrogen-bond acceptors (Lipinski definition) is 7. The predicted octanol–water partition coefficient (Wildman–Crippen LogP) is 3.02. The van der Waals surface area contributed by atoms with Gasteiger partial charge in [-0.05, 0) is 54.1 Å². The number of anilines is 1. The Morgan fingerprint density at radius 3 is 2.46 bits per heavy atom. The van der Waals surface area contributed by atoms with Gasteiger partial charge in [0.1, 0.15) is 0 Å². The Bertz CT molecular complexity index is 1420. The van der Waals surface area contributed by atoms with Crippen molar-refractivity contribution in [3.8, 4) is 22.8 Å². The van der Waals surface area contributed by atoms with Crippen LogP contribution in [0.25, 0.3) is 22.8 Å². The zero-order valence-electron chi connectivity index (χ0n) is 18.9. The highest BCUT2D eigenvalue weighted by atomic mass is 32.2. The van der Waals surface area contributed by atoms with Crippen LogP contribution in [-0.4, -0.2) is 64.0 Å². The molecular formula is C25H24N6O3S. The Morgan fingerprint density at radius 2 is 1.71 bits per heavy atom. The van der Waals surface area contributed by atoms with Gasteiger partial charge < -0.3 is 5.32 Å². The molecule has 35 heavy (non-hydrogen) atoms. The van der Waals surface area contributed by atoms with Crippen molar-refractivity contribution in [2.45, 2.75) is 6.54 Å². The lowest BCUT2D eigenvalue weighted by Crippen LogP contribution is -2.39. The van der Waals surface area contributed by atoms with Crippen molar-refractivity contribution in [1.29, 1.82) is 0 Å². The molecule has 1 fully saturated rings. The van der Waals surface area contributed by atoms with Crippen LogP contribution >= 0.6 is 0 Å². The Kier molecular flexibility index (Phi) is 6.39. The van der Waals surface area contributed by atoms with Crippen molar-refractivity contribution < 1.29 is 13.2 Å². The number of carbonyl (C=O) groups is 1. The molecule has 0 aliphatic carbocycles. The van der Waals surface area contributed by atoms with E-state index in [1.54, 1.807) is 18.5 Å². The second-order valence-corrected chi connectivity index (χ2v) is 10.7. The van der Waals surface area contributed by atoms with Crippen LogP contribution in [0.4, 0.5) is 5.69 Å². The van der Waals surface area contributed by atoms with Gasteiger partial charge in [0, 0.05) is 54.4 Å². The molecule has 2 N–H and O–H groups in total. The fraction of sp³-hybridized carbons (Fsp3) is 0.200. The number of aromatic amines is 1. The van der Waals surface area contributed by atoms with Gasteiger partial charge in [0.25, 0.3) is 5.91 Å². The molecule has 178 valence electrons. The second kappa shape index (κ2) is 9.77. The van der Waals surface area contributed by atoms with Gasteiger partial charge in [-0.2, -0.15) is 5.10 Å². The molecule has 0 saturated carbocycles. The number of hydrogen-bond donors (Lipinski definition) is 2. The third-order valence-electron chi connectivity index (χ3n) is 5.87. The summed E-state index contributed by atoms with van der Waals surface area (Å²) < 4.78 is 23.3. The van der Waals surface area contributed by atoms with Crippen LogP contribution in [0.2, 0.25) is 0 Å². The van der Waals surface area contributed by atoms with E-state index in [-0.39, 0.29) is 17.4 Å². The monoisotopic (exact) mass is 488 g/mol. The van der Waals surface area contributed by atoms with Gasteiger partial charge in [-0.25, -0.2) is 13.4 Å². The van der Waals surface area contributed by atoms with Crippen LogP contribution in [0.1, 0.15) is 15.9 Å². The first-order chi connectivity index (χ1) is 16.9. The summed E-state index contributed by atoms with van der Waals surface area (Å²) in [4.78, 5) is 23.5. The Morgan fingerprint density at radius 1 is 0.971 bits per heavy atom. The number of benzene rings is 2. The average molecular weight is 489 g/mol. The van der Waals surface area contributed by atoms with Crippen molar-refractivity contribution in [2.75, 3.05) is 29.9 Å². The van der Waals surface area contributed by atoms with Crippen LogP contribution in [0.15, 0.2) is 73.1 Å². The lowest BCUT2D eigenvalue weighted by Gasteiger charge is -2.26. The van der Waals surface area contributed by atoms with Crippen molar-refractivity contribution in [2.24, 2.45) is 0 Å². The largest absolute Gasteiger partial charge is 0.322 e. The number of rotatable bonds is 6. The molecule has 10 heteroatoms. The summed E-state index contributed by atoms with van der Waals surface area (Å²) >= 11 is 0. The molecule has 2 aromatic heterocycles. The number of pyridine rings is 1. The van der Waals surface area contributed by atoms with Crippen LogP contribution in [0.5, 0.6) is 0 Å². The van der Waals surface area contributed by atoms with Gasteiger partial charge in [0.15, 0.2) is 21.5 Å². The number of sulfone groups is 1. The van der Waals surface area contributed by atoms with Crippen molar-refractivity contribution in [3.63, 3.8) is 0 Å². The molecule has 0 bridgehead atoms. The van der Waals surface area contributed by atoms with Crippen molar-refractivity contribution in [1.82, 2.24) is 25.1 Å². The smallest absolute Gasteiger partial charge is 0.255 e. The number of amides is 1. The van der Waals surface area contributed by atoms with Gasteiger partial charge in [0.2, 0.25) is 0 Å². The van der Waals surface area contributed by atoms with E-state index >= 15 is 0 Å². The van der Waals surface area contributed by atoms with E-state index in [0.29, 0.717) is 42.5 Å². The Hall–Kier alpha value is -3.89. The quantitative estimate of drug-likeness (QED) is 0.428. The summed E-state index contributed by atoms with van der Waals surface area (Å²) in [5.74, 6) is 1.38. The van der Waals surface area contributed by atoms with Gasteiger partial charge in [0.05, 0.1) is 11.5 Å². The molecule has 4 aromatic rings. The zero-order chi connectivity index (χ0) is 24.3. The maximum Gasteiger partial charge on any atom is 0.255 e. The van der Waals surface area contributed by atoms with Crippen LogP contribution in [0.3, 0.4) is 0 Å². The minimum Gasteiger partial charge on any atom is -0.322 e. The molecule has 1 aliphatic heterocycles. The standard InChI is InChI=1S/C25H24N6O3S/c32-25(21-3-1-2-18(16-21)17-31-12-14-35(33,34)15-13-31)27-22-6-4-19(5-7-22)23-28-24(30-29-23)20-8-10-26-11-9-20/h1-11,16H,12-15,17H2,(H,27,32)(H,28,29,30). The number of nitrogens with zero attached hydrogens (tertiary/aromatic N) is 4. The van der Waals surface area contributed by atoms with Crippen LogP contribution in [-0.2, 0) is 16.4 Å². The van der Waals surface area contributed by atoms with E-state index < -0.39 is 9.84 Å². The van der Waals surface area contributed by atoms with E-state index in [1.807, 2.05) is 54.6 Å². The predicted molar refractivity (Wildman–Crippen MR) is 133 cm³/mol. The van der Waals surface area contributed by atoms with Crippen LogP contribution < -0.4 is 5.32 Å². The molecule has 2 aromatic carbocycles. The number of nitrogens with one attached hydrogen (secondary N) is 2. The third kappa shape index (κ3) is 5.61. The lowest BCUT2D eigenvalue weighted by atomic mass is 10.1. The van der Waals surface area contributed by atoms with Gasteiger partial charge in [-0.3, -0.25) is 19.8 Å². The molecule has 1 amide bonds. The van der Waals surface area contributed by atoms with E-state index in [9.17, 15) is 13.2 Å². The highest BCUT2D eigenvalue weighted by Crippen LogP contribution is 2.22. The SMILES string of the molecule is O=C(Nc1ccc(-c2n[nH]c(-c3ccncc3)n2)cc1)c1cccc(CN2CCS(=O)(=O)CC2)c1. The molecule has 1 aliphatic rings. The Balaban J connectivity index is 1.22. The minimum atomic E-state index is -2.91. The molecule has 3 heterocycles. The van der Waals surface area contributed by atoms with Crippen molar-refractivity contribution in [3.05, 3.63) is 84.2 Å². The van der Waals surface area contributed by atoms with Gasteiger partial charge in [-0.15, -0.1) is 0 Å². The maximum absolute atomic E-state index is 12.8. The van der Waals surface area contributed by atoms with E-state index in [1.165, 1.54) is 0 Å². The van der Waals surface area contributed by atoms with Crippen molar-refractivity contribution >= 4 is 21.4 Å². The molecule has 0 radical (unpaired) electrons. The summed E-state index contributed by atoms with van der Waals surface area (Å²) in [6.07, 6.45) is 3.40. The summed E-state index contributed by atoms with van der Waals surface area (Å²) in [7, 11) is -2.91. The first-order valence-electron chi connectivity index (χ1n) is 11.2. The third-order valence-corrected chi connectivity index (χ3v) is 7.48. The highest BCUT2D eigenvalue weighted by Gasteiger charge is 2.21. The topological polar surface area (TPSA) is 121 Å². The summed E-state index contributed by atoms with van der Waals surface area (Å²) in [6.45, 7) is 1.64. The summed E-state index contributed by atoms with van der Waals surface area (Å²) in [6, 6.07) is 18.5. The molecular weight excluding hydrogens is 464 g/mol. The van der Waals surface area contributed by atoms with E-state index in [2.05, 4.69) is 30.4 Å². The average Bonchev–Trinajstić information content (AvgIpc) is 3.37. The van der Waals surface area contributed by atoms with Gasteiger partial charge >= 0.3 is 0 Å². The fourth-order valence-electron chi connectivity index (χ4n) is 3.91. The second-order valence-electron chi connectivity index (χ2n) is 8.40. The number of carbonyl (C=O) groups excluding carboxylic acids is 1. The molecule has 0 atom stereocenters. The fourth-order valence-corrected chi connectivity index (χ4v) is 5.19. The number of H-pyrrole nitrogens is 1. The van der Waals surface area contributed by atoms with E-state index in [0.717, 1.165) is 16.7 Å². The van der Waals surface area contributed by atoms with E-state index in [4.69, 9.17) is 0 Å². The maximum atomic E-state index is 12.8. The zero-order valence-corrected chi connectivity index (χ0v) is 19.7. The van der Waals surface area contributed by atoms with Crippen LogP contribution in [0, 0.1) is 0 Å². The highest BCUT2D eigenvalue weighted by molar-refractivity contribution is 7.91. The minimum absolute atomic E-state index is 0.183. The summed E-state index contributed by atoms with van der Waals surface area (Å²) in [5, 5.41) is 10.1. The molecule has 0 unspecified atom stereocenters. The molecule has 1 saturated heterocycles. The molecule has 5 rings (SSSR count). The van der Waals surface area contributed by atoms with Gasteiger partial charge in [-0.1, -0.05) is 12.1 Å². The number of aromatic nitrogens is 4.